The maximum Gasteiger partial charge on any atom is 0.326 e. The van der Waals surface area contributed by atoms with Gasteiger partial charge in [-0.2, -0.15) is 0 Å². The molecule has 0 radical (unpaired) electrons. The molecular formula is C17H23FN2O4. The van der Waals surface area contributed by atoms with Crippen molar-refractivity contribution in [2.75, 3.05) is 0 Å². The van der Waals surface area contributed by atoms with Crippen LogP contribution in [0.15, 0.2) is 24.3 Å². The SMILES string of the molecule is CCCC[C@H](NC(=O)[C@@H](Cc1ccccc1F)NC(C)=O)C(=O)O. The molecule has 6 nitrogen and oxygen atoms in total. The van der Waals surface area contributed by atoms with E-state index in [4.69, 9.17) is 0 Å². The Hall–Kier alpha value is -2.44. The van der Waals surface area contributed by atoms with Crippen LogP contribution in [0.4, 0.5) is 4.39 Å². The Morgan fingerprint density at radius 3 is 2.38 bits per heavy atom. The normalized spacial score (nSPS) is 13.0. The van der Waals surface area contributed by atoms with E-state index >= 15 is 0 Å². The van der Waals surface area contributed by atoms with Crippen LogP contribution in [0.3, 0.4) is 0 Å². The average molecular weight is 338 g/mol. The van der Waals surface area contributed by atoms with E-state index in [2.05, 4.69) is 10.6 Å². The van der Waals surface area contributed by atoms with Crippen LogP contribution >= 0.6 is 0 Å². The monoisotopic (exact) mass is 338 g/mol. The number of carbonyl (C=O) groups is 3. The van der Waals surface area contributed by atoms with Gasteiger partial charge in [0.25, 0.3) is 0 Å². The summed E-state index contributed by atoms with van der Waals surface area (Å²) >= 11 is 0. The first-order chi connectivity index (χ1) is 11.3. The molecular weight excluding hydrogens is 315 g/mol. The number of carboxylic acid groups (broad SMARTS) is 1. The number of hydrogen-bond donors (Lipinski definition) is 3. The summed E-state index contributed by atoms with van der Waals surface area (Å²) in [6.07, 6.45) is 1.68. The van der Waals surface area contributed by atoms with Crippen LogP contribution in [0.2, 0.25) is 0 Å². The van der Waals surface area contributed by atoms with E-state index in [0.29, 0.717) is 12.8 Å². The highest BCUT2D eigenvalue weighted by Crippen LogP contribution is 2.10. The Morgan fingerprint density at radius 2 is 1.83 bits per heavy atom. The van der Waals surface area contributed by atoms with Gasteiger partial charge in [0.05, 0.1) is 0 Å². The highest BCUT2D eigenvalue weighted by molar-refractivity contribution is 5.90. The molecule has 1 rings (SSSR count). The summed E-state index contributed by atoms with van der Waals surface area (Å²) in [6.45, 7) is 3.16. The smallest absolute Gasteiger partial charge is 0.326 e. The summed E-state index contributed by atoms with van der Waals surface area (Å²) in [5, 5.41) is 14.1. The Bertz CT molecular complexity index is 592. The molecule has 0 aliphatic carbocycles. The number of hydrogen-bond acceptors (Lipinski definition) is 3. The van der Waals surface area contributed by atoms with E-state index in [0.717, 1.165) is 6.42 Å². The van der Waals surface area contributed by atoms with Crippen LogP contribution in [0.25, 0.3) is 0 Å². The lowest BCUT2D eigenvalue weighted by atomic mass is 10.0. The summed E-state index contributed by atoms with van der Waals surface area (Å²) in [6, 6.07) is 3.86. The third-order valence-corrected chi connectivity index (χ3v) is 3.54. The minimum atomic E-state index is -1.13. The molecule has 0 aromatic heterocycles. The fraction of sp³-hybridized carbons (Fsp3) is 0.471. The van der Waals surface area contributed by atoms with E-state index in [-0.39, 0.29) is 12.0 Å². The van der Waals surface area contributed by atoms with E-state index in [1.54, 1.807) is 6.07 Å². The van der Waals surface area contributed by atoms with Crippen molar-refractivity contribution in [2.45, 2.75) is 51.6 Å². The molecule has 7 heteroatoms. The Kier molecular flexibility index (Phi) is 7.88. The number of halogens is 1. The van der Waals surface area contributed by atoms with Gasteiger partial charge in [-0.3, -0.25) is 9.59 Å². The minimum Gasteiger partial charge on any atom is -0.480 e. The predicted molar refractivity (Wildman–Crippen MR) is 86.8 cm³/mol. The summed E-state index contributed by atoms with van der Waals surface area (Å²) in [4.78, 5) is 34.9. The lowest BCUT2D eigenvalue weighted by Gasteiger charge is -2.21. The van der Waals surface area contributed by atoms with Gasteiger partial charge in [0.15, 0.2) is 0 Å². The number of unbranched alkanes of at least 4 members (excludes halogenated alkanes) is 1. The number of aliphatic carboxylic acids is 1. The first-order valence-electron chi connectivity index (χ1n) is 7.88. The van der Waals surface area contributed by atoms with Gasteiger partial charge in [0.1, 0.15) is 17.9 Å². The standard InChI is InChI=1S/C17H23FN2O4/c1-3-4-9-14(17(23)24)20-16(22)15(19-11(2)21)10-12-7-5-6-8-13(12)18/h5-8,14-15H,3-4,9-10H2,1-2H3,(H,19,21)(H,20,22)(H,23,24)/t14-,15+/m0/s1. The molecule has 24 heavy (non-hydrogen) atoms. The molecule has 0 aliphatic rings. The quantitative estimate of drug-likeness (QED) is 0.638. The van der Waals surface area contributed by atoms with E-state index in [1.165, 1.54) is 25.1 Å². The lowest BCUT2D eigenvalue weighted by molar-refractivity contribution is -0.142. The summed E-state index contributed by atoms with van der Waals surface area (Å²) in [5.74, 6) is -2.71. The maximum absolute atomic E-state index is 13.8. The van der Waals surface area contributed by atoms with Gasteiger partial charge in [0, 0.05) is 13.3 Å². The highest BCUT2D eigenvalue weighted by Gasteiger charge is 2.26. The number of carbonyl (C=O) groups excluding carboxylic acids is 2. The van der Waals surface area contributed by atoms with Gasteiger partial charge in [0.2, 0.25) is 11.8 Å². The molecule has 0 bridgehead atoms. The van der Waals surface area contributed by atoms with E-state index < -0.39 is 35.7 Å². The Morgan fingerprint density at radius 1 is 1.17 bits per heavy atom. The second-order valence-corrected chi connectivity index (χ2v) is 5.59. The van der Waals surface area contributed by atoms with Crippen LogP contribution in [0.5, 0.6) is 0 Å². The van der Waals surface area contributed by atoms with Gasteiger partial charge < -0.3 is 15.7 Å². The number of amides is 2. The summed E-state index contributed by atoms with van der Waals surface area (Å²) in [7, 11) is 0. The van der Waals surface area contributed by atoms with Gasteiger partial charge in [-0.15, -0.1) is 0 Å². The molecule has 1 aromatic carbocycles. The minimum absolute atomic E-state index is 0.0573. The number of carboxylic acids is 1. The van der Waals surface area contributed by atoms with E-state index in [9.17, 15) is 23.9 Å². The van der Waals surface area contributed by atoms with Crippen molar-refractivity contribution in [3.8, 4) is 0 Å². The van der Waals surface area contributed by atoms with Crippen molar-refractivity contribution in [3.63, 3.8) is 0 Å². The van der Waals surface area contributed by atoms with Crippen LogP contribution in [-0.4, -0.2) is 35.0 Å². The molecule has 0 saturated heterocycles. The van der Waals surface area contributed by atoms with E-state index in [1.807, 2.05) is 6.92 Å². The van der Waals surface area contributed by atoms with Crippen molar-refractivity contribution in [1.29, 1.82) is 0 Å². The molecule has 0 aliphatic heterocycles. The molecule has 3 N–H and O–H groups in total. The number of benzene rings is 1. The van der Waals surface area contributed by atoms with Gasteiger partial charge in [-0.1, -0.05) is 38.0 Å². The van der Waals surface area contributed by atoms with Crippen molar-refractivity contribution in [2.24, 2.45) is 0 Å². The average Bonchev–Trinajstić information content (AvgIpc) is 2.51. The molecule has 0 fully saturated rings. The first-order valence-corrected chi connectivity index (χ1v) is 7.88. The first kappa shape index (κ1) is 19.6. The third-order valence-electron chi connectivity index (χ3n) is 3.54. The lowest BCUT2D eigenvalue weighted by Crippen LogP contribution is -2.52. The number of rotatable bonds is 9. The Labute approximate surface area is 140 Å². The highest BCUT2D eigenvalue weighted by atomic mass is 19.1. The summed E-state index contributed by atoms with van der Waals surface area (Å²) < 4.78 is 13.8. The molecule has 0 saturated carbocycles. The summed E-state index contributed by atoms with van der Waals surface area (Å²) in [5.41, 5.74) is 0.270. The van der Waals surface area contributed by atoms with Crippen molar-refractivity contribution < 1.29 is 23.9 Å². The van der Waals surface area contributed by atoms with Crippen molar-refractivity contribution in [1.82, 2.24) is 10.6 Å². The molecule has 2 atom stereocenters. The molecule has 2 amide bonds. The molecule has 0 spiro atoms. The van der Waals surface area contributed by atoms with Crippen LogP contribution in [-0.2, 0) is 20.8 Å². The molecule has 1 aromatic rings. The zero-order valence-corrected chi connectivity index (χ0v) is 13.8. The zero-order chi connectivity index (χ0) is 18.1. The Balaban J connectivity index is 2.86. The second kappa shape index (κ2) is 9.64. The van der Waals surface area contributed by atoms with Crippen molar-refractivity contribution >= 4 is 17.8 Å². The van der Waals surface area contributed by atoms with Crippen LogP contribution in [0, 0.1) is 5.82 Å². The predicted octanol–water partition coefficient (Wildman–Crippen LogP) is 1.63. The fourth-order valence-corrected chi connectivity index (χ4v) is 2.28. The van der Waals surface area contributed by atoms with Gasteiger partial charge in [-0.05, 0) is 18.1 Å². The molecule has 0 heterocycles. The second-order valence-electron chi connectivity index (χ2n) is 5.59. The number of nitrogens with one attached hydrogen (secondary N) is 2. The molecule has 0 unspecified atom stereocenters. The largest absolute Gasteiger partial charge is 0.480 e. The van der Waals surface area contributed by atoms with Crippen LogP contribution < -0.4 is 10.6 Å². The van der Waals surface area contributed by atoms with Crippen LogP contribution in [0.1, 0.15) is 38.7 Å². The fourth-order valence-electron chi connectivity index (χ4n) is 2.28. The zero-order valence-electron chi connectivity index (χ0n) is 13.8. The topological polar surface area (TPSA) is 95.5 Å². The van der Waals surface area contributed by atoms with Crippen molar-refractivity contribution in [3.05, 3.63) is 35.6 Å². The third kappa shape index (κ3) is 6.36. The van der Waals surface area contributed by atoms with Gasteiger partial charge >= 0.3 is 5.97 Å². The van der Waals surface area contributed by atoms with Gasteiger partial charge in [-0.25, -0.2) is 9.18 Å². The molecule has 132 valence electrons. The maximum atomic E-state index is 13.8.